The minimum absolute atomic E-state index is 0.0919. The molecule has 0 aromatic carbocycles. The van der Waals surface area contributed by atoms with Crippen LogP contribution in [0.25, 0.3) is 0 Å². The maximum atomic E-state index is 12.3. The number of esters is 2. The molecule has 1 unspecified atom stereocenters. The third kappa shape index (κ3) is 2.42. The van der Waals surface area contributed by atoms with E-state index < -0.39 is 36.4 Å². The van der Waals surface area contributed by atoms with Crippen molar-refractivity contribution < 1.29 is 28.9 Å². The highest BCUT2D eigenvalue weighted by atomic mass is 16.7. The molecule has 0 aromatic rings. The molecule has 6 heteroatoms. The Hall–Kier alpha value is -2.08. The molecule has 4 rings (SSSR count). The summed E-state index contributed by atoms with van der Waals surface area (Å²) in [5, 5.41) is 10.8. The van der Waals surface area contributed by atoms with Gasteiger partial charge in [-0.2, -0.15) is 0 Å². The second-order valence-corrected chi connectivity index (χ2v) is 7.81. The highest BCUT2D eigenvalue weighted by Crippen LogP contribution is 2.54. The van der Waals surface area contributed by atoms with Gasteiger partial charge in [0.05, 0.1) is 23.9 Å². The zero-order valence-electron chi connectivity index (χ0n) is 14.6. The van der Waals surface area contributed by atoms with Crippen LogP contribution in [0.2, 0.25) is 0 Å². The van der Waals surface area contributed by atoms with Crippen molar-refractivity contribution in [1.29, 1.82) is 0 Å². The Morgan fingerprint density at radius 1 is 1.28 bits per heavy atom. The summed E-state index contributed by atoms with van der Waals surface area (Å²) < 4.78 is 16.1. The molecule has 2 heterocycles. The molecular weight excluding hydrogens is 324 g/mol. The van der Waals surface area contributed by atoms with E-state index in [0.717, 1.165) is 30.4 Å². The Morgan fingerprint density at radius 3 is 2.72 bits per heavy atom. The zero-order valence-corrected chi connectivity index (χ0v) is 14.6. The summed E-state index contributed by atoms with van der Waals surface area (Å²) in [5.74, 6) is -1.36. The Kier molecular flexibility index (Phi) is 3.58. The van der Waals surface area contributed by atoms with Gasteiger partial charge in [-0.1, -0.05) is 13.8 Å². The van der Waals surface area contributed by atoms with Crippen LogP contribution in [-0.4, -0.2) is 35.5 Å². The zero-order chi connectivity index (χ0) is 17.9. The number of hydrogen-bond acceptors (Lipinski definition) is 6. The number of rotatable bonds is 2. The summed E-state index contributed by atoms with van der Waals surface area (Å²) in [7, 11) is 0. The fourth-order valence-corrected chi connectivity index (χ4v) is 4.49. The van der Waals surface area contributed by atoms with Gasteiger partial charge in [0.1, 0.15) is 6.10 Å². The van der Waals surface area contributed by atoms with Gasteiger partial charge >= 0.3 is 11.9 Å². The van der Waals surface area contributed by atoms with Crippen LogP contribution in [-0.2, 0) is 23.8 Å². The lowest BCUT2D eigenvalue weighted by Gasteiger charge is -2.34. The molecule has 1 N–H and O–H groups in total. The Balaban J connectivity index is 1.60. The first-order chi connectivity index (χ1) is 11.8. The van der Waals surface area contributed by atoms with Crippen molar-refractivity contribution in [2.24, 2.45) is 11.3 Å². The third-order valence-corrected chi connectivity index (χ3v) is 5.72. The standard InChI is InChI=1S/C19H22O6/c1-9-7-12(24-17(9)21)23-8-11-13-15(20)10-5-4-6-19(2,3)14(10)16(13)25-18(11)22/h7-8,12-13,15-16,20H,4-6H2,1-3H3/t12?,13-,15+,16-/m0/s1. The van der Waals surface area contributed by atoms with E-state index in [-0.39, 0.29) is 5.41 Å². The topological polar surface area (TPSA) is 82.1 Å². The molecule has 1 fully saturated rings. The lowest BCUT2D eigenvalue weighted by atomic mass is 9.72. The van der Waals surface area contributed by atoms with Gasteiger partial charge < -0.3 is 19.3 Å². The number of carbonyl (C=O) groups excluding carboxylic acids is 2. The van der Waals surface area contributed by atoms with E-state index in [1.165, 1.54) is 6.26 Å². The predicted octanol–water partition coefficient (Wildman–Crippen LogP) is 2.14. The van der Waals surface area contributed by atoms with Crippen molar-refractivity contribution in [3.8, 4) is 0 Å². The largest absolute Gasteiger partial charge is 0.458 e. The molecule has 0 radical (unpaired) electrons. The van der Waals surface area contributed by atoms with Crippen molar-refractivity contribution in [3.63, 3.8) is 0 Å². The average molecular weight is 346 g/mol. The predicted molar refractivity (Wildman–Crippen MR) is 86.8 cm³/mol. The molecule has 0 aromatic heterocycles. The van der Waals surface area contributed by atoms with Gasteiger partial charge in [-0.05, 0) is 42.7 Å². The smallest absolute Gasteiger partial charge is 0.338 e. The number of aliphatic hydroxyl groups is 1. The quantitative estimate of drug-likeness (QED) is 0.357. The van der Waals surface area contributed by atoms with E-state index in [2.05, 4.69) is 13.8 Å². The highest BCUT2D eigenvalue weighted by Gasteiger charge is 2.56. The molecule has 1 saturated heterocycles. The van der Waals surface area contributed by atoms with Crippen LogP contribution < -0.4 is 0 Å². The summed E-state index contributed by atoms with van der Waals surface area (Å²) in [4.78, 5) is 23.7. The first-order valence-corrected chi connectivity index (χ1v) is 8.67. The molecule has 25 heavy (non-hydrogen) atoms. The van der Waals surface area contributed by atoms with Crippen LogP contribution in [0, 0.1) is 11.3 Å². The fraction of sp³-hybridized carbons (Fsp3) is 0.579. The van der Waals surface area contributed by atoms with Crippen LogP contribution in [0.3, 0.4) is 0 Å². The first kappa shape index (κ1) is 16.4. The van der Waals surface area contributed by atoms with Gasteiger partial charge in [0.25, 0.3) is 6.29 Å². The summed E-state index contributed by atoms with van der Waals surface area (Å²) >= 11 is 0. The summed E-state index contributed by atoms with van der Waals surface area (Å²) in [6.45, 7) is 5.90. The maximum Gasteiger partial charge on any atom is 0.338 e. The van der Waals surface area contributed by atoms with Crippen molar-refractivity contribution in [2.75, 3.05) is 0 Å². The first-order valence-electron chi connectivity index (χ1n) is 8.67. The van der Waals surface area contributed by atoms with E-state index >= 15 is 0 Å². The Morgan fingerprint density at radius 2 is 2.04 bits per heavy atom. The van der Waals surface area contributed by atoms with E-state index in [1.54, 1.807) is 13.0 Å². The number of hydrogen-bond donors (Lipinski definition) is 1. The van der Waals surface area contributed by atoms with Gasteiger partial charge in [-0.3, -0.25) is 0 Å². The summed E-state index contributed by atoms with van der Waals surface area (Å²) in [6.07, 6.45) is 3.70. The van der Waals surface area contributed by atoms with Gasteiger partial charge in [-0.25, -0.2) is 9.59 Å². The van der Waals surface area contributed by atoms with Crippen LogP contribution in [0.5, 0.6) is 0 Å². The third-order valence-electron chi connectivity index (χ3n) is 5.72. The Bertz CT molecular complexity index is 741. The number of aliphatic hydroxyl groups excluding tert-OH is 1. The monoisotopic (exact) mass is 346 g/mol. The number of cyclic esters (lactones) is 1. The van der Waals surface area contributed by atoms with E-state index in [1.807, 2.05) is 0 Å². The molecule has 0 amide bonds. The lowest BCUT2D eigenvalue weighted by molar-refractivity contribution is -0.152. The normalized spacial score (nSPS) is 37.6. The molecule has 0 bridgehead atoms. The molecule has 4 atom stereocenters. The molecular formula is C19H22O6. The molecule has 2 aliphatic carbocycles. The van der Waals surface area contributed by atoms with Gasteiger partial charge in [0.15, 0.2) is 0 Å². The SMILES string of the molecule is CC1=CC(OC=C2C(=O)O[C@@H]3C4=C(CCCC4(C)C)[C@@H](O)[C@H]23)OC1=O. The van der Waals surface area contributed by atoms with Crippen molar-refractivity contribution >= 4 is 11.9 Å². The van der Waals surface area contributed by atoms with Crippen LogP contribution >= 0.6 is 0 Å². The second-order valence-electron chi connectivity index (χ2n) is 7.81. The van der Waals surface area contributed by atoms with Crippen molar-refractivity contribution in [3.05, 3.63) is 34.6 Å². The molecule has 0 spiro atoms. The fourth-order valence-electron chi connectivity index (χ4n) is 4.49. The summed E-state index contributed by atoms with van der Waals surface area (Å²) in [5.41, 5.74) is 2.75. The minimum Gasteiger partial charge on any atom is -0.458 e. The van der Waals surface area contributed by atoms with Crippen LogP contribution in [0.15, 0.2) is 34.6 Å². The summed E-state index contributed by atoms with van der Waals surface area (Å²) in [6, 6.07) is 0. The van der Waals surface area contributed by atoms with Gasteiger partial charge in [0.2, 0.25) is 0 Å². The van der Waals surface area contributed by atoms with Crippen LogP contribution in [0.4, 0.5) is 0 Å². The second kappa shape index (κ2) is 5.46. The van der Waals surface area contributed by atoms with Gasteiger partial charge in [-0.15, -0.1) is 0 Å². The van der Waals surface area contributed by atoms with Crippen molar-refractivity contribution in [2.45, 2.75) is 58.5 Å². The number of carbonyl (C=O) groups is 2. The lowest BCUT2D eigenvalue weighted by Crippen LogP contribution is -2.27. The molecule has 6 nitrogen and oxygen atoms in total. The van der Waals surface area contributed by atoms with E-state index in [9.17, 15) is 14.7 Å². The van der Waals surface area contributed by atoms with Crippen molar-refractivity contribution in [1.82, 2.24) is 0 Å². The van der Waals surface area contributed by atoms with E-state index in [0.29, 0.717) is 11.1 Å². The number of fused-ring (bicyclic) bond motifs is 2. The molecule has 134 valence electrons. The average Bonchev–Trinajstić information content (AvgIpc) is 3.11. The molecule has 0 saturated carbocycles. The maximum absolute atomic E-state index is 12.3. The molecule has 2 aliphatic heterocycles. The minimum atomic E-state index is -0.843. The van der Waals surface area contributed by atoms with E-state index in [4.69, 9.17) is 14.2 Å². The van der Waals surface area contributed by atoms with Gasteiger partial charge in [0, 0.05) is 11.6 Å². The number of ether oxygens (including phenoxy) is 3. The Labute approximate surface area is 146 Å². The van der Waals surface area contributed by atoms with Crippen LogP contribution in [0.1, 0.15) is 40.0 Å². The molecule has 4 aliphatic rings. The highest BCUT2D eigenvalue weighted by molar-refractivity contribution is 5.93.